The maximum absolute atomic E-state index is 12.8. The van der Waals surface area contributed by atoms with Gasteiger partial charge in [0, 0.05) is 123 Å². The molecule has 0 aliphatic heterocycles. The van der Waals surface area contributed by atoms with Crippen LogP contribution < -0.4 is 0 Å². The fourth-order valence-electron chi connectivity index (χ4n) is 15.3. The van der Waals surface area contributed by atoms with Gasteiger partial charge in [0.25, 0.3) is 0 Å². The van der Waals surface area contributed by atoms with Crippen LogP contribution in [0.5, 0.6) is 0 Å². The van der Waals surface area contributed by atoms with Gasteiger partial charge >= 0.3 is 0 Å². The van der Waals surface area contributed by atoms with Gasteiger partial charge in [-0.05, 0) is 69.1 Å². The fraction of sp³-hybridized carbons (Fsp3) is 0.796. The zero-order chi connectivity index (χ0) is 83.8. The van der Waals surface area contributed by atoms with Crippen LogP contribution in [0, 0.1) is 130 Å². The van der Waals surface area contributed by atoms with E-state index in [1.165, 1.54) is 0 Å². The van der Waals surface area contributed by atoms with E-state index < -0.39 is 27.1 Å². The smallest absolute Gasteiger partial charge is 0.168 e. The predicted molar refractivity (Wildman–Crippen MR) is 463 cm³/mol. The molecule has 1 aromatic carbocycles. The molecule has 6 rings (SSSR count). The van der Waals surface area contributed by atoms with Gasteiger partial charge in [-0.25, -0.2) is 0 Å². The Balaban J connectivity index is -0.000000611. The SMILES string of the molecule is C.C.C.C.CC(C)(C)C(=O)C1C2C=CC(C2)C1C(=O)C(C)(C)C.CC(C)(C)C(=O)C1CCCCC1(C)C(=O)C(C)(C)C.CC(C)(C)C(=O)C1CCCCC1C(=O)C(C)(C)C.CC(C)(C)C(=O)CC(=O)C(C)(C)C.CC(C)(C)C(=O)c1ccccc1C(=O)C(C)(C)C.CC1CCC(C(=O)C(C)(C)C)C(C(=O)C(C)(C)C)C1. The maximum Gasteiger partial charge on any atom is 0.168 e. The first-order valence-corrected chi connectivity index (χ1v) is 40.3. The largest absolute Gasteiger partial charge is 0.299 e. The number of hydrogen-bond donors (Lipinski definition) is 0. The standard InChI is InChI=1S/C17H26O2.2C17H30O2.C16H28O2.C16H22O2.C11H20O2.4CH4/c1-16(2,3)14(18)12-10-7-8-11(9-10)13(12)15(19)17(4,5)6;1-11-8-9-12(14(18)16(2,3)4)13(10-11)15(19)17(5,6)7;1-15(2,3)13(18)12-10-8-9-11-17(12,7)14(19)16(4,5)6;2*1-15(2,3)13(17)11-9-7-8-10-12(11)14(18)16(4,5)6;1-10(2,3)8(12)7-9(13)11(4,5)6;;;;/h7-8,10-13H,9H2,1-6H3;11-13H,8-10H2,1-7H3;12H,8-11H2,1-7H3;11-12H,7-10H2,1-6H3;7-10H,1-6H3;7H2,1-6H3;4*1H4. The van der Waals surface area contributed by atoms with Gasteiger partial charge in [0.15, 0.2) is 11.6 Å². The highest BCUT2D eigenvalue weighted by molar-refractivity contribution is 6.12. The summed E-state index contributed by atoms with van der Waals surface area (Å²) in [7, 11) is 0. The Bertz CT molecular complexity index is 3150. The molecule has 0 N–H and O–H groups in total. The molecule has 110 heavy (non-hydrogen) atoms. The third-order valence-corrected chi connectivity index (χ3v) is 22.0. The van der Waals surface area contributed by atoms with Crippen molar-refractivity contribution in [2.75, 3.05) is 0 Å². The van der Waals surface area contributed by atoms with E-state index in [1.54, 1.807) is 24.3 Å². The van der Waals surface area contributed by atoms with E-state index in [0.29, 0.717) is 17.0 Å². The van der Waals surface area contributed by atoms with E-state index in [9.17, 15) is 57.5 Å². The van der Waals surface area contributed by atoms with Crippen LogP contribution in [0.4, 0.5) is 0 Å². The molecule has 0 amide bonds. The highest BCUT2D eigenvalue weighted by Crippen LogP contribution is 2.53. The fourth-order valence-corrected chi connectivity index (χ4v) is 15.3. The number of carbonyl (C=O) groups is 12. The zero-order valence-electron chi connectivity index (χ0n) is 74.8. The van der Waals surface area contributed by atoms with Gasteiger partial charge in [-0.15, -0.1) is 0 Å². The van der Waals surface area contributed by atoms with Crippen LogP contribution in [0.3, 0.4) is 0 Å². The Morgan fingerprint density at radius 2 is 0.600 bits per heavy atom. The van der Waals surface area contributed by atoms with Crippen molar-refractivity contribution in [3.05, 3.63) is 47.5 Å². The number of rotatable bonds is 12. The van der Waals surface area contributed by atoms with Gasteiger partial charge in [0.1, 0.15) is 57.8 Å². The number of carbonyl (C=O) groups excluding carboxylic acids is 12. The second-order valence-electron chi connectivity index (χ2n) is 45.0. The van der Waals surface area contributed by atoms with Crippen LogP contribution in [-0.2, 0) is 47.9 Å². The molecule has 0 saturated heterocycles. The van der Waals surface area contributed by atoms with Gasteiger partial charge in [-0.3, -0.25) is 57.5 Å². The predicted octanol–water partition coefficient (Wildman–Crippen LogP) is 25.7. The topological polar surface area (TPSA) is 205 Å². The average molecular weight is 1540 g/mol. The minimum atomic E-state index is -0.478. The summed E-state index contributed by atoms with van der Waals surface area (Å²) in [5.41, 5.74) is -3.99. The second-order valence-corrected chi connectivity index (χ2v) is 45.0. The van der Waals surface area contributed by atoms with Crippen molar-refractivity contribution in [3.8, 4) is 0 Å². The molecule has 11 atom stereocenters. The molecule has 2 bridgehead atoms. The molecule has 5 aliphatic rings. The molecule has 0 heterocycles. The number of Topliss-reactive ketones (excluding diaryl/α,β-unsaturated/α-hetero) is 12. The van der Waals surface area contributed by atoms with Crippen LogP contribution in [0.1, 0.15) is 397 Å². The summed E-state index contributed by atoms with van der Waals surface area (Å²) < 4.78 is 0. The zero-order valence-corrected chi connectivity index (χ0v) is 74.8. The van der Waals surface area contributed by atoms with E-state index in [2.05, 4.69) is 19.1 Å². The molecular weight excluding hydrogens is 1370 g/mol. The normalized spacial score (nSPS) is 23.7. The van der Waals surface area contributed by atoms with Crippen LogP contribution in [0.15, 0.2) is 36.4 Å². The minimum absolute atomic E-state index is 0. The molecule has 12 heteroatoms. The lowest BCUT2D eigenvalue weighted by molar-refractivity contribution is -0.150. The van der Waals surface area contributed by atoms with Gasteiger partial charge in [-0.2, -0.15) is 0 Å². The minimum Gasteiger partial charge on any atom is -0.299 e. The van der Waals surface area contributed by atoms with Gasteiger partial charge < -0.3 is 0 Å². The third kappa shape index (κ3) is 32.0. The summed E-state index contributed by atoms with van der Waals surface area (Å²) in [5, 5.41) is 0. The second kappa shape index (κ2) is 41.0. The van der Waals surface area contributed by atoms with Gasteiger partial charge in [0.05, 0.1) is 6.42 Å². The monoisotopic (exact) mass is 1540 g/mol. The summed E-state index contributed by atoms with van der Waals surface area (Å²) in [6.45, 7) is 73.6. The Morgan fingerprint density at radius 1 is 0.318 bits per heavy atom. The Kier molecular flexibility index (Phi) is 41.5. The van der Waals surface area contributed by atoms with Crippen LogP contribution in [-0.4, -0.2) is 69.4 Å². The first-order chi connectivity index (χ1) is 47.0. The highest BCUT2D eigenvalue weighted by atomic mass is 16.2. The van der Waals surface area contributed by atoms with E-state index in [-0.39, 0.29) is 202 Å². The van der Waals surface area contributed by atoms with Crippen molar-refractivity contribution >= 4 is 69.4 Å². The summed E-state index contributed by atoms with van der Waals surface area (Å²) in [6.07, 6.45) is 16.0. The number of ketones is 12. The lowest BCUT2D eigenvalue weighted by atomic mass is 9.57. The van der Waals surface area contributed by atoms with Crippen molar-refractivity contribution in [2.45, 2.75) is 376 Å². The summed E-state index contributed by atoms with van der Waals surface area (Å²) in [4.78, 5) is 149. The molecule has 12 nitrogen and oxygen atoms in total. The van der Waals surface area contributed by atoms with Gasteiger partial charge in [0.2, 0.25) is 0 Å². The quantitative estimate of drug-likeness (QED) is 0.109. The number of fused-ring (bicyclic) bond motifs is 2. The van der Waals surface area contributed by atoms with Crippen molar-refractivity contribution in [1.29, 1.82) is 0 Å². The van der Waals surface area contributed by atoms with Crippen molar-refractivity contribution in [2.24, 2.45) is 130 Å². The molecule has 0 radical (unpaired) electrons. The molecule has 4 fully saturated rings. The van der Waals surface area contributed by atoms with Crippen LogP contribution in [0.2, 0.25) is 0 Å². The molecule has 11 unspecified atom stereocenters. The average Bonchev–Trinajstić information content (AvgIpc) is 1.50. The Morgan fingerprint density at radius 3 is 0.873 bits per heavy atom. The summed E-state index contributed by atoms with van der Waals surface area (Å²) >= 11 is 0. The lowest BCUT2D eigenvalue weighted by Gasteiger charge is -2.44. The van der Waals surface area contributed by atoms with Crippen molar-refractivity contribution in [1.82, 2.24) is 0 Å². The molecule has 0 aromatic heterocycles. The first-order valence-electron chi connectivity index (χ1n) is 40.3. The lowest BCUT2D eigenvalue weighted by Crippen LogP contribution is -2.49. The number of allylic oxidation sites excluding steroid dienone is 2. The Hall–Kier alpha value is -5.00. The van der Waals surface area contributed by atoms with Crippen LogP contribution >= 0.6 is 0 Å². The molecule has 4 saturated carbocycles. The van der Waals surface area contributed by atoms with E-state index in [1.807, 2.05) is 256 Å². The maximum atomic E-state index is 12.8. The summed E-state index contributed by atoms with van der Waals surface area (Å²) in [5.74, 6) is 2.74. The molecule has 1 aromatic rings. The van der Waals surface area contributed by atoms with Crippen molar-refractivity contribution in [3.63, 3.8) is 0 Å². The molecular formula is C98H172O12. The van der Waals surface area contributed by atoms with Gasteiger partial charge in [-0.1, -0.05) is 355 Å². The van der Waals surface area contributed by atoms with E-state index in [4.69, 9.17) is 0 Å². The number of benzene rings is 1. The first kappa shape index (κ1) is 111. The van der Waals surface area contributed by atoms with E-state index >= 15 is 0 Å². The molecule has 636 valence electrons. The number of hydrogen-bond acceptors (Lipinski definition) is 12. The highest BCUT2D eigenvalue weighted by Gasteiger charge is 2.55. The third-order valence-electron chi connectivity index (χ3n) is 22.0. The van der Waals surface area contributed by atoms with E-state index in [0.717, 1.165) is 77.0 Å². The Labute approximate surface area is 676 Å². The molecule has 5 aliphatic carbocycles. The van der Waals surface area contributed by atoms with Crippen LogP contribution in [0.25, 0.3) is 0 Å². The summed E-state index contributed by atoms with van der Waals surface area (Å²) in [6, 6.07) is 7.09. The molecule has 0 spiro atoms. The van der Waals surface area contributed by atoms with Crippen molar-refractivity contribution < 1.29 is 57.5 Å².